The van der Waals surface area contributed by atoms with E-state index in [1.165, 1.54) is 4.31 Å². The maximum absolute atomic E-state index is 13.0. The fourth-order valence-electron chi connectivity index (χ4n) is 3.18. The van der Waals surface area contributed by atoms with E-state index in [2.05, 4.69) is 15.3 Å². The average molecular weight is 419 g/mol. The number of rotatable bonds is 4. The fraction of sp³-hybridized carbons (Fsp3) is 0.278. The van der Waals surface area contributed by atoms with Crippen LogP contribution in [0, 0.1) is 6.92 Å². The number of hydrogen-bond acceptors (Lipinski definition) is 6. The highest BCUT2D eigenvalue weighted by Gasteiger charge is 2.30. The standard InChI is InChI=1S/C18H19ClN6O2S/c1-14-15(19)4-2-5-16(14)28(26,27)24-12-10-23(11-13-24)17-6-7-18(22-21-17)25-9-3-8-20-25/h2-9H,10-13H2,1H3. The molecular weight excluding hydrogens is 400 g/mol. The molecule has 1 aromatic carbocycles. The van der Waals surface area contributed by atoms with Crippen LogP contribution in [0.2, 0.25) is 5.02 Å². The van der Waals surface area contributed by atoms with E-state index in [4.69, 9.17) is 11.6 Å². The molecule has 1 fully saturated rings. The molecule has 28 heavy (non-hydrogen) atoms. The quantitative estimate of drug-likeness (QED) is 0.645. The Balaban J connectivity index is 1.46. The predicted molar refractivity (Wildman–Crippen MR) is 106 cm³/mol. The third-order valence-corrected chi connectivity index (χ3v) is 7.23. The van der Waals surface area contributed by atoms with Gasteiger partial charge in [-0.3, -0.25) is 0 Å². The van der Waals surface area contributed by atoms with Gasteiger partial charge in [0.15, 0.2) is 11.6 Å². The molecule has 0 amide bonds. The lowest BCUT2D eigenvalue weighted by atomic mass is 10.2. The van der Waals surface area contributed by atoms with Gasteiger partial charge in [-0.25, -0.2) is 13.1 Å². The van der Waals surface area contributed by atoms with Crippen LogP contribution in [0.4, 0.5) is 5.82 Å². The zero-order valence-electron chi connectivity index (χ0n) is 15.2. The third kappa shape index (κ3) is 3.48. The second-order valence-corrected chi connectivity index (χ2v) is 8.77. The van der Waals surface area contributed by atoms with Gasteiger partial charge in [-0.2, -0.15) is 9.40 Å². The molecule has 4 rings (SSSR count). The second kappa shape index (κ2) is 7.50. The number of hydrogen-bond donors (Lipinski definition) is 0. The lowest BCUT2D eigenvalue weighted by Gasteiger charge is -2.34. The summed E-state index contributed by atoms with van der Waals surface area (Å²) in [6, 6.07) is 10.5. The molecule has 2 aromatic heterocycles. The van der Waals surface area contributed by atoms with Crippen molar-refractivity contribution in [1.29, 1.82) is 0 Å². The molecule has 1 saturated heterocycles. The van der Waals surface area contributed by atoms with Crippen molar-refractivity contribution in [2.75, 3.05) is 31.1 Å². The number of aromatic nitrogens is 4. The van der Waals surface area contributed by atoms with Crippen LogP contribution >= 0.6 is 11.6 Å². The molecule has 1 aliphatic rings. The van der Waals surface area contributed by atoms with Crippen LogP contribution in [-0.4, -0.2) is 58.9 Å². The highest BCUT2D eigenvalue weighted by Crippen LogP contribution is 2.26. The molecular formula is C18H19ClN6O2S. The van der Waals surface area contributed by atoms with Crippen molar-refractivity contribution in [3.05, 3.63) is 59.4 Å². The largest absolute Gasteiger partial charge is 0.352 e. The van der Waals surface area contributed by atoms with Crippen molar-refractivity contribution in [3.8, 4) is 5.82 Å². The van der Waals surface area contributed by atoms with Crippen molar-refractivity contribution >= 4 is 27.4 Å². The minimum atomic E-state index is -3.58. The van der Waals surface area contributed by atoms with E-state index < -0.39 is 10.0 Å². The molecule has 0 aliphatic carbocycles. The molecule has 0 spiro atoms. The van der Waals surface area contributed by atoms with Gasteiger partial charge in [-0.15, -0.1) is 10.2 Å². The summed E-state index contributed by atoms with van der Waals surface area (Å²) in [7, 11) is -3.58. The van der Waals surface area contributed by atoms with Crippen LogP contribution in [0.5, 0.6) is 0 Å². The minimum absolute atomic E-state index is 0.261. The number of halogens is 1. The van der Waals surface area contributed by atoms with Crippen molar-refractivity contribution in [2.24, 2.45) is 0 Å². The van der Waals surface area contributed by atoms with Gasteiger partial charge in [0.25, 0.3) is 0 Å². The van der Waals surface area contributed by atoms with E-state index in [0.717, 1.165) is 0 Å². The van der Waals surface area contributed by atoms with E-state index in [1.54, 1.807) is 42.2 Å². The average Bonchev–Trinajstić information content (AvgIpc) is 3.25. The first kappa shape index (κ1) is 18.9. The van der Waals surface area contributed by atoms with E-state index >= 15 is 0 Å². The van der Waals surface area contributed by atoms with Gasteiger partial charge in [-0.1, -0.05) is 17.7 Å². The topological polar surface area (TPSA) is 84.2 Å². The van der Waals surface area contributed by atoms with Gasteiger partial charge in [0, 0.05) is 43.6 Å². The van der Waals surface area contributed by atoms with Crippen molar-refractivity contribution in [3.63, 3.8) is 0 Å². The van der Waals surface area contributed by atoms with Crippen LogP contribution in [0.15, 0.2) is 53.7 Å². The Hall–Kier alpha value is -2.49. The van der Waals surface area contributed by atoms with E-state index in [1.807, 2.05) is 23.1 Å². The van der Waals surface area contributed by atoms with E-state index in [9.17, 15) is 8.42 Å². The maximum Gasteiger partial charge on any atom is 0.243 e. The molecule has 1 aliphatic heterocycles. The summed E-state index contributed by atoms with van der Waals surface area (Å²) in [5.74, 6) is 1.35. The van der Waals surface area contributed by atoms with Crippen molar-refractivity contribution < 1.29 is 8.42 Å². The zero-order valence-corrected chi connectivity index (χ0v) is 16.8. The van der Waals surface area contributed by atoms with Gasteiger partial charge in [0.1, 0.15) is 0 Å². The molecule has 0 bridgehead atoms. The van der Waals surface area contributed by atoms with Gasteiger partial charge < -0.3 is 4.90 Å². The van der Waals surface area contributed by atoms with Crippen LogP contribution in [0.25, 0.3) is 5.82 Å². The summed E-state index contributed by atoms with van der Waals surface area (Å²) < 4.78 is 29.1. The SMILES string of the molecule is Cc1c(Cl)cccc1S(=O)(=O)N1CCN(c2ccc(-n3cccn3)nn2)CC1. The lowest BCUT2D eigenvalue weighted by molar-refractivity contribution is 0.383. The van der Waals surface area contributed by atoms with Gasteiger partial charge >= 0.3 is 0 Å². The summed E-state index contributed by atoms with van der Waals surface area (Å²) in [4.78, 5) is 2.29. The zero-order chi connectivity index (χ0) is 19.7. The summed E-state index contributed by atoms with van der Waals surface area (Å²) in [5.41, 5.74) is 0.576. The molecule has 10 heteroatoms. The summed E-state index contributed by atoms with van der Waals surface area (Å²) >= 11 is 6.10. The van der Waals surface area contributed by atoms with Crippen LogP contribution < -0.4 is 4.90 Å². The first-order valence-corrected chi connectivity index (χ1v) is 10.6. The normalized spacial score (nSPS) is 15.7. The lowest BCUT2D eigenvalue weighted by Crippen LogP contribution is -2.49. The number of piperazine rings is 1. The predicted octanol–water partition coefficient (Wildman–Crippen LogP) is 2.14. The van der Waals surface area contributed by atoms with E-state index in [0.29, 0.717) is 48.4 Å². The second-order valence-electron chi connectivity index (χ2n) is 6.45. The Morgan fingerprint density at radius 3 is 2.32 bits per heavy atom. The molecule has 146 valence electrons. The summed E-state index contributed by atoms with van der Waals surface area (Å²) in [6.07, 6.45) is 3.47. The van der Waals surface area contributed by atoms with Crippen molar-refractivity contribution in [1.82, 2.24) is 24.3 Å². The molecule has 0 atom stereocenters. The van der Waals surface area contributed by atoms with Crippen LogP contribution in [-0.2, 0) is 10.0 Å². The Bertz CT molecular complexity index is 1060. The number of nitrogens with zero attached hydrogens (tertiary/aromatic N) is 6. The Kier molecular flexibility index (Phi) is 5.05. The first-order valence-electron chi connectivity index (χ1n) is 8.81. The molecule has 3 aromatic rings. The molecule has 0 unspecified atom stereocenters. The number of benzene rings is 1. The smallest absolute Gasteiger partial charge is 0.243 e. The maximum atomic E-state index is 13.0. The summed E-state index contributed by atoms with van der Waals surface area (Å²) in [5, 5.41) is 13.0. The minimum Gasteiger partial charge on any atom is -0.352 e. The van der Waals surface area contributed by atoms with Gasteiger partial charge in [0.2, 0.25) is 10.0 Å². The first-order chi connectivity index (χ1) is 13.5. The third-order valence-electron chi connectivity index (χ3n) is 4.77. The summed E-state index contributed by atoms with van der Waals surface area (Å²) in [6.45, 7) is 3.54. The van der Waals surface area contributed by atoms with E-state index in [-0.39, 0.29) is 4.90 Å². The highest BCUT2D eigenvalue weighted by molar-refractivity contribution is 7.89. The number of anilines is 1. The Morgan fingerprint density at radius 2 is 1.68 bits per heavy atom. The van der Waals surface area contributed by atoms with Gasteiger partial charge in [0.05, 0.1) is 4.90 Å². The molecule has 3 heterocycles. The van der Waals surface area contributed by atoms with Crippen molar-refractivity contribution in [2.45, 2.75) is 11.8 Å². The highest BCUT2D eigenvalue weighted by atomic mass is 35.5. The van der Waals surface area contributed by atoms with Gasteiger partial charge in [-0.05, 0) is 42.8 Å². The Morgan fingerprint density at radius 1 is 0.964 bits per heavy atom. The molecule has 0 N–H and O–H groups in total. The molecule has 8 nitrogen and oxygen atoms in total. The van der Waals surface area contributed by atoms with Crippen LogP contribution in [0.3, 0.4) is 0 Å². The number of sulfonamides is 1. The molecule has 0 radical (unpaired) electrons. The molecule has 0 saturated carbocycles. The van der Waals surface area contributed by atoms with Crippen LogP contribution in [0.1, 0.15) is 5.56 Å². The monoisotopic (exact) mass is 418 g/mol. The fourth-order valence-corrected chi connectivity index (χ4v) is 5.08. The Labute approximate surface area is 168 Å².